The molecule has 1 aliphatic heterocycles. The number of rotatable bonds is 7. The van der Waals surface area contributed by atoms with Crippen molar-refractivity contribution in [2.75, 3.05) is 46.4 Å². The molecule has 0 bridgehead atoms. The first-order valence-electron chi connectivity index (χ1n) is 10.5. The Labute approximate surface area is 197 Å². The fraction of sp³-hybridized carbons (Fsp3) is 0.364. The van der Waals surface area contributed by atoms with Crippen molar-refractivity contribution in [3.05, 3.63) is 47.4 Å². The van der Waals surface area contributed by atoms with Crippen LogP contribution in [0.2, 0.25) is 0 Å². The number of aromatic nitrogens is 3. The lowest BCUT2D eigenvalue weighted by atomic mass is 10.0. The predicted octanol–water partition coefficient (Wildman–Crippen LogP) is 3.61. The van der Waals surface area contributed by atoms with Crippen molar-refractivity contribution in [2.24, 2.45) is 0 Å². The van der Waals surface area contributed by atoms with Crippen molar-refractivity contribution in [1.29, 1.82) is 0 Å². The van der Waals surface area contributed by atoms with E-state index in [1.54, 1.807) is 0 Å². The lowest BCUT2D eigenvalue weighted by Crippen LogP contribution is -2.45. The van der Waals surface area contributed by atoms with Crippen LogP contribution in [-0.4, -0.2) is 82.2 Å². The number of ether oxygens (including phenoxy) is 1. The summed E-state index contributed by atoms with van der Waals surface area (Å²) >= 11 is 0.844. The van der Waals surface area contributed by atoms with E-state index in [4.69, 9.17) is 4.74 Å². The molecule has 180 valence electrons. The number of likely N-dealkylation sites (N-methyl/N-ethyl adjacent to an activating group) is 1. The highest BCUT2D eigenvalue weighted by Gasteiger charge is 2.34. The summed E-state index contributed by atoms with van der Waals surface area (Å²) in [5.74, 6) is -1.00. The highest BCUT2D eigenvalue weighted by Crippen LogP contribution is 2.39. The second-order valence-corrected chi connectivity index (χ2v) is 8.69. The van der Waals surface area contributed by atoms with E-state index < -0.39 is 17.8 Å². The third-order valence-electron chi connectivity index (χ3n) is 5.48. The van der Waals surface area contributed by atoms with Gasteiger partial charge in [0.25, 0.3) is 0 Å². The maximum Gasteiger partial charge on any atom is 0.434 e. The Morgan fingerprint density at radius 2 is 1.94 bits per heavy atom. The molecule has 34 heavy (non-hydrogen) atoms. The van der Waals surface area contributed by atoms with Crippen LogP contribution in [0, 0.1) is 0 Å². The van der Waals surface area contributed by atoms with Crippen LogP contribution < -0.4 is 4.74 Å². The molecule has 4 rings (SSSR count). The van der Waals surface area contributed by atoms with Crippen molar-refractivity contribution in [3.63, 3.8) is 0 Å². The summed E-state index contributed by atoms with van der Waals surface area (Å²) in [7, 11) is 2.07. The molecular formula is C22H22F3N5O3S. The largest absolute Gasteiger partial charge is 0.478 e. The van der Waals surface area contributed by atoms with Crippen LogP contribution in [0.5, 0.6) is 5.88 Å². The summed E-state index contributed by atoms with van der Waals surface area (Å²) in [5, 5.41) is 10.5. The number of piperazine rings is 1. The average Bonchev–Trinajstić information content (AvgIpc) is 3.31. The fourth-order valence-corrected chi connectivity index (χ4v) is 4.41. The summed E-state index contributed by atoms with van der Waals surface area (Å²) in [6.07, 6.45) is -0.488. The van der Waals surface area contributed by atoms with Gasteiger partial charge in [0, 0.05) is 73.4 Å². The third-order valence-corrected chi connectivity index (χ3v) is 6.35. The number of alkyl halides is 3. The van der Waals surface area contributed by atoms with Crippen molar-refractivity contribution in [2.45, 2.75) is 6.18 Å². The molecule has 4 heterocycles. The molecule has 8 nitrogen and oxygen atoms in total. The van der Waals surface area contributed by atoms with Gasteiger partial charge >= 0.3 is 12.1 Å². The van der Waals surface area contributed by atoms with Crippen LogP contribution in [0.15, 0.2) is 36.1 Å². The Morgan fingerprint density at radius 1 is 1.18 bits per heavy atom. The molecular weight excluding hydrogens is 471 g/mol. The molecule has 0 aromatic carbocycles. The monoisotopic (exact) mass is 493 g/mol. The zero-order valence-electron chi connectivity index (χ0n) is 18.2. The van der Waals surface area contributed by atoms with Gasteiger partial charge in [0.05, 0.1) is 5.56 Å². The topological polar surface area (TPSA) is 91.7 Å². The molecule has 1 saturated heterocycles. The molecule has 0 amide bonds. The van der Waals surface area contributed by atoms with Gasteiger partial charge in [0.2, 0.25) is 5.88 Å². The van der Waals surface area contributed by atoms with Crippen molar-refractivity contribution in [3.8, 4) is 27.6 Å². The van der Waals surface area contributed by atoms with E-state index >= 15 is 0 Å². The molecule has 0 radical (unpaired) electrons. The summed E-state index contributed by atoms with van der Waals surface area (Å²) in [6, 6.07) is 2.93. The lowest BCUT2D eigenvalue weighted by molar-refractivity contribution is -0.140. The number of carboxylic acid groups (broad SMARTS) is 1. The molecule has 0 spiro atoms. The number of hydrogen-bond acceptors (Lipinski definition) is 8. The minimum absolute atomic E-state index is 0.0775. The predicted molar refractivity (Wildman–Crippen MR) is 120 cm³/mol. The van der Waals surface area contributed by atoms with Crippen LogP contribution in [-0.2, 0) is 6.18 Å². The molecule has 0 atom stereocenters. The smallest absolute Gasteiger partial charge is 0.434 e. The molecule has 0 unspecified atom stereocenters. The third kappa shape index (κ3) is 5.51. The van der Waals surface area contributed by atoms with E-state index in [1.165, 1.54) is 30.7 Å². The normalized spacial score (nSPS) is 15.4. The fourth-order valence-electron chi connectivity index (χ4n) is 3.54. The van der Waals surface area contributed by atoms with Crippen LogP contribution >= 0.6 is 11.3 Å². The Balaban J connectivity index is 1.64. The van der Waals surface area contributed by atoms with Gasteiger partial charge in [-0.25, -0.2) is 14.8 Å². The SMILES string of the molecule is CN1CCN(CCOc2ncc(C(=O)O)cc2-c2cnccc2-c2nc(C(F)(F)F)cs2)CC1. The summed E-state index contributed by atoms with van der Waals surface area (Å²) < 4.78 is 45.2. The first-order chi connectivity index (χ1) is 16.2. The second kappa shape index (κ2) is 10.0. The van der Waals surface area contributed by atoms with Crippen molar-refractivity contribution in [1.82, 2.24) is 24.8 Å². The Hall–Kier alpha value is -3.09. The van der Waals surface area contributed by atoms with E-state index in [0.717, 1.165) is 42.9 Å². The molecule has 1 N–H and O–H groups in total. The van der Waals surface area contributed by atoms with Gasteiger partial charge in [-0.1, -0.05) is 0 Å². The molecule has 0 aliphatic carbocycles. The molecule has 3 aromatic rings. The number of thiazole rings is 1. The second-order valence-electron chi connectivity index (χ2n) is 7.83. The lowest BCUT2D eigenvalue weighted by Gasteiger charge is -2.32. The minimum atomic E-state index is -4.57. The van der Waals surface area contributed by atoms with Gasteiger partial charge in [-0.15, -0.1) is 11.3 Å². The van der Waals surface area contributed by atoms with Gasteiger partial charge in [0.1, 0.15) is 11.6 Å². The van der Waals surface area contributed by atoms with Gasteiger partial charge in [-0.2, -0.15) is 13.2 Å². The quantitative estimate of drug-likeness (QED) is 0.534. The van der Waals surface area contributed by atoms with Crippen molar-refractivity contribution >= 4 is 17.3 Å². The number of nitrogens with zero attached hydrogens (tertiary/aromatic N) is 5. The highest BCUT2D eigenvalue weighted by molar-refractivity contribution is 7.13. The minimum Gasteiger partial charge on any atom is -0.478 e. The summed E-state index contributed by atoms with van der Waals surface area (Å²) in [5.41, 5.74) is 0.0207. The standard InChI is InChI=1S/C22H22F3N5O3S/c1-29-4-6-30(7-5-29)8-9-33-19-16(10-14(11-27-19)21(31)32)17-12-26-3-2-15(17)20-28-18(13-34-20)22(23,24)25/h2-3,10-13H,4-9H2,1H3,(H,31,32). The zero-order valence-corrected chi connectivity index (χ0v) is 19.1. The van der Waals surface area contributed by atoms with Crippen molar-refractivity contribution < 1.29 is 27.8 Å². The Morgan fingerprint density at radius 3 is 2.62 bits per heavy atom. The van der Waals surface area contributed by atoms with Gasteiger partial charge in [-0.05, 0) is 19.2 Å². The van der Waals surface area contributed by atoms with Gasteiger partial charge < -0.3 is 14.7 Å². The van der Waals surface area contributed by atoms with Crippen LogP contribution in [0.1, 0.15) is 16.1 Å². The van der Waals surface area contributed by atoms with E-state index in [2.05, 4.69) is 31.8 Å². The van der Waals surface area contributed by atoms with Crippen LogP contribution in [0.3, 0.4) is 0 Å². The average molecular weight is 494 g/mol. The van der Waals surface area contributed by atoms with Crippen LogP contribution in [0.25, 0.3) is 21.7 Å². The summed E-state index contributed by atoms with van der Waals surface area (Å²) in [4.78, 5) is 28.1. The maximum absolute atomic E-state index is 13.1. The zero-order chi connectivity index (χ0) is 24.3. The number of halogens is 3. The van der Waals surface area contributed by atoms with E-state index in [1.807, 2.05) is 0 Å². The molecule has 1 aliphatic rings. The first kappa shape index (κ1) is 24.0. The molecule has 1 fully saturated rings. The molecule has 3 aromatic heterocycles. The van der Waals surface area contributed by atoms with E-state index in [9.17, 15) is 23.1 Å². The first-order valence-corrected chi connectivity index (χ1v) is 11.3. The molecule has 0 saturated carbocycles. The van der Waals surface area contributed by atoms with Crippen LogP contribution in [0.4, 0.5) is 13.2 Å². The number of hydrogen-bond donors (Lipinski definition) is 1. The van der Waals surface area contributed by atoms with E-state index in [0.29, 0.717) is 29.8 Å². The number of aromatic carboxylic acids is 1. The van der Waals surface area contributed by atoms with E-state index in [-0.39, 0.29) is 16.5 Å². The summed E-state index contributed by atoms with van der Waals surface area (Å²) in [6.45, 7) is 4.73. The van der Waals surface area contributed by atoms with Gasteiger partial charge in [0.15, 0.2) is 5.69 Å². The maximum atomic E-state index is 13.1. The van der Waals surface area contributed by atoms with Gasteiger partial charge in [-0.3, -0.25) is 9.88 Å². The number of carbonyl (C=O) groups is 1. The number of pyridine rings is 2. The Kier molecular flexibility index (Phi) is 7.10. The highest BCUT2D eigenvalue weighted by atomic mass is 32.1. The number of carboxylic acids is 1. The Bertz CT molecular complexity index is 1160. The molecule has 12 heteroatoms.